The molecule has 1 atom stereocenters. The van der Waals surface area contributed by atoms with Gasteiger partial charge in [0.25, 0.3) is 0 Å². The molecule has 1 N–H and O–H groups in total. The molecule has 1 unspecified atom stereocenters. The van der Waals surface area contributed by atoms with E-state index < -0.39 is 5.25 Å². The van der Waals surface area contributed by atoms with Gasteiger partial charge >= 0.3 is 0 Å². The largest absolute Gasteiger partial charge is 0.324 e. The van der Waals surface area contributed by atoms with Gasteiger partial charge in [-0.25, -0.2) is 0 Å². The fourth-order valence-electron chi connectivity index (χ4n) is 2.40. The molecule has 0 saturated heterocycles. The molecule has 3 rings (SSSR count). The van der Waals surface area contributed by atoms with Crippen LogP contribution in [0, 0.1) is 11.3 Å². The Morgan fingerprint density at radius 2 is 1.93 bits per heavy atom. The molecule has 3 aromatic rings. The molecule has 6 nitrogen and oxygen atoms in total. The number of carbonyl (C=O) groups is 1. The number of carbonyl (C=O) groups excluding carboxylic acids is 1. The Balaban J connectivity index is 1.72. The fourth-order valence-corrected chi connectivity index (χ4v) is 3.34. The monoisotopic (exact) mass is 397 g/mol. The zero-order chi connectivity index (χ0) is 19.4. The summed E-state index contributed by atoms with van der Waals surface area (Å²) in [4.78, 5) is 12.5. The van der Waals surface area contributed by atoms with Crippen LogP contribution in [0.2, 0.25) is 5.02 Å². The number of amides is 1. The van der Waals surface area contributed by atoms with E-state index in [0.717, 1.165) is 5.56 Å². The lowest BCUT2D eigenvalue weighted by atomic mass is 10.2. The number of nitrogens with zero attached hydrogens (tertiary/aromatic N) is 4. The third-order valence-electron chi connectivity index (χ3n) is 3.89. The van der Waals surface area contributed by atoms with Gasteiger partial charge in [-0.2, -0.15) is 5.26 Å². The van der Waals surface area contributed by atoms with Crippen LogP contribution in [-0.4, -0.2) is 25.9 Å². The third kappa shape index (κ3) is 4.30. The number of para-hydroxylation sites is 1. The highest BCUT2D eigenvalue weighted by molar-refractivity contribution is 8.00. The minimum absolute atomic E-state index is 0.209. The number of hydrogen-bond donors (Lipinski definition) is 1. The molecule has 0 bridgehead atoms. The molecule has 1 heterocycles. The second kappa shape index (κ2) is 8.25. The van der Waals surface area contributed by atoms with Crippen LogP contribution in [0.5, 0.6) is 0 Å². The van der Waals surface area contributed by atoms with Crippen molar-refractivity contribution in [2.24, 2.45) is 7.05 Å². The molecule has 1 amide bonds. The van der Waals surface area contributed by atoms with Gasteiger partial charge in [0, 0.05) is 17.6 Å². The predicted octanol–water partition coefficient (Wildman–Crippen LogP) is 4.13. The molecule has 0 spiro atoms. The summed E-state index contributed by atoms with van der Waals surface area (Å²) in [5, 5.41) is 21.2. The molecule has 0 aliphatic heterocycles. The Morgan fingerprint density at radius 1 is 1.22 bits per heavy atom. The second-order valence-electron chi connectivity index (χ2n) is 5.78. The Hall–Kier alpha value is -2.82. The zero-order valence-corrected chi connectivity index (χ0v) is 16.3. The highest BCUT2D eigenvalue weighted by Gasteiger charge is 2.20. The van der Waals surface area contributed by atoms with Crippen molar-refractivity contribution < 1.29 is 4.79 Å². The van der Waals surface area contributed by atoms with Crippen LogP contribution >= 0.6 is 23.4 Å². The van der Waals surface area contributed by atoms with Crippen LogP contribution < -0.4 is 5.32 Å². The van der Waals surface area contributed by atoms with E-state index in [1.54, 1.807) is 43.3 Å². The minimum atomic E-state index is -0.419. The number of anilines is 1. The van der Waals surface area contributed by atoms with Crippen LogP contribution in [0.25, 0.3) is 11.4 Å². The number of aromatic nitrogens is 3. The summed E-state index contributed by atoms with van der Waals surface area (Å²) < 4.78 is 1.83. The van der Waals surface area contributed by atoms with Crippen molar-refractivity contribution in [3.63, 3.8) is 0 Å². The molecule has 0 aliphatic carbocycles. The molecular formula is C19H16ClN5OS. The van der Waals surface area contributed by atoms with E-state index in [9.17, 15) is 4.79 Å². The first-order valence-electron chi connectivity index (χ1n) is 8.11. The van der Waals surface area contributed by atoms with E-state index in [2.05, 4.69) is 21.6 Å². The summed E-state index contributed by atoms with van der Waals surface area (Å²) in [6.07, 6.45) is 0. The molecule has 2 aromatic carbocycles. The van der Waals surface area contributed by atoms with Crippen molar-refractivity contribution >= 4 is 35.0 Å². The van der Waals surface area contributed by atoms with Gasteiger partial charge in [-0.15, -0.1) is 10.2 Å². The maximum absolute atomic E-state index is 12.5. The van der Waals surface area contributed by atoms with Crippen LogP contribution in [-0.2, 0) is 11.8 Å². The summed E-state index contributed by atoms with van der Waals surface area (Å²) in [6, 6.07) is 16.3. The summed E-state index contributed by atoms with van der Waals surface area (Å²) >= 11 is 7.22. The van der Waals surface area contributed by atoms with Gasteiger partial charge in [0.15, 0.2) is 11.0 Å². The van der Waals surface area contributed by atoms with Crippen LogP contribution in [0.4, 0.5) is 5.69 Å². The maximum Gasteiger partial charge on any atom is 0.237 e. The van der Waals surface area contributed by atoms with Gasteiger partial charge in [0.1, 0.15) is 6.07 Å². The quantitative estimate of drug-likeness (QED) is 0.654. The summed E-state index contributed by atoms with van der Waals surface area (Å²) in [6.45, 7) is 1.78. The van der Waals surface area contributed by atoms with E-state index in [0.29, 0.717) is 27.3 Å². The van der Waals surface area contributed by atoms with Gasteiger partial charge in [-0.05, 0) is 43.3 Å². The lowest BCUT2D eigenvalue weighted by molar-refractivity contribution is -0.115. The molecule has 0 fully saturated rings. The van der Waals surface area contributed by atoms with E-state index in [1.165, 1.54) is 11.8 Å². The van der Waals surface area contributed by atoms with E-state index in [-0.39, 0.29) is 5.91 Å². The first kappa shape index (κ1) is 19.0. The number of nitrogens with one attached hydrogen (secondary N) is 1. The molecule has 0 saturated carbocycles. The Morgan fingerprint density at radius 3 is 2.63 bits per heavy atom. The molecular weight excluding hydrogens is 382 g/mol. The molecule has 1 aromatic heterocycles. The lowest BCUT2D eigenvalue weighted by Crippen LogP contribution is -2.23. The lowest BCUT2D eigenvalue weighted by Gasteiger charge is -2.12. The topological polar surface area (TPSA) is 83.6 Å². The zero-order valence-electron chi connectivity index (χ0n) is 14.7. The van der Waals surface area contributed by atoms with Crippen molar-refractivity contribution in [3.8, 4) is 17.5 Å². The maximum atomic E-state index is 12.5. The van der Waals surface area contributed by atoms with Crippen LogP contribution in [0.1, 0.15) is 12.5 Å². The smallest absolute Gasteiger partial charge is 0.237 e. The number of hydrogen-bond acceptors (Lipinski definition) is 5. The van der Waals surface area contributed by atoms with Crippen molar-refractivity contribution in [3.05, 3.63) is 59.1 Å². The number of halogens is 1. The SMILES string of the molecule is CC(Sc1nnc(-c2ccc(Cl)cc2)n1C)C(=O)Nc1ccccc1C#N. The Bertz CT molecular complexity index is 1010. The highest BCUT2D eigenvalue weighted by Crippen LogP contribution is 2.27. The molecule has 0 aliphatic rings. The Labute approximate surface area is 166 Å². The van der Waals surface area contributed by atoms with Gasteiger partial charge in [0.05, 0.1) is 16.5 Å². The van der Waals surface area contributed by atoms with Crippen molar-refractivity contribution in [2.75, 3.05) is 5.32 Å². The third-order valence-corrected chi connectivity index (χ3v) is 5.28. The average molecular weight is 398 g/mol. The standard InChI is InChI=1S/C19H16ClN5OS/c1-12(18(26)22-16-6-4-3-5-14(16)11-21)27-19-24-23-17(25(19)2)13-7-9-15(20)10-8-13/h3-10,12H,1-2H3,(H,22,26). The van der Waals surface area contributed by atoms with Crippen molar-refractivity contribution in [1.82, 2.24) is 14.8 Å². The van der Waals surface area contributed by atoms with Crippen LogP contribution in [0.3, 0.4) is 0 Å². The summed E-state index contributed by atoms with van der Waals surface area (Å²) in [5.41, 5.74) is 1.81. The summed E-state index contributed by atoms with van der Waals surface area (Å²) in [5.74, 6) is 0.482. The molecule has 8 heteroatoms. The molecule has 0 radical (unpaired) electrons. The van der Waals surface area contributed by atoms with Crippen molar-refractivity contribution in [2.45, 2.75) is 17.3 Å². The number of rotatable bonds is 5. The van der Waals surface area contributed by atoms with Gasteiger partial charge < -0.3 is 9.88 Å². The second-order valence-corrected chi connectivity index (χ2v) is 7.52. The van der Waals surface area contributed by atoms with Gasteiger partial charge in [-0.3, -0.25) is 4.79 Å². The molecule has 136 valence electrons. The highest BCUT2D eigenvalue weighted by atomic mass is 35.5. The van der Waals surface area contributed by atoms with Crippen molar-refractivity contribution in [1.29, 1.82) is 5.26 Å². The normalized spacial score (nSPS) is 11.6. The Kier molecular flexibility index (Phi) is 5.79. The summed E-state index contributed by atoms with van der Waals surface area (Å²) in [7, 11) is 1.85. The number of benzene rings is 2. The fraction of sp³-hybridized carbons (Fsp3) is 0.158. The van der Waals surface area contributed by atoms with E-state index >= 15 is 0 Å². The van der Waals surface area contributed by atoms with E-state index in [1.807, 2.05) is 23.7 Å². The van der Waals surface area contributed by atoms with Gasteiger partial charge in [0.2, 0.25) is 5.91 Å². The van der Waals surface area contributed by atoms with Crippen LogP contribution in [0.15, 0.2) is 53.7 Å². The minimum Gasteiger partial charge on any atom is -0.324 e. The molecule has 27 heavy (non-hydrogen) atoms. The number of thioether (sulfide) groups is 1. The van der Waals surface area contributed by atoms with Gasteiger partial charge in [-0.1, -0.05) is 35.5 Å². The average Bonchev–Trinajstić information content (AvgIpc) is 3.03. The first-order valence-corrected chi connectivity index (χ1v) is 9.37. The number of nitriles is 1. The van der Waals surface area contributed by atoms with E-state index in [4.69, 9.17) is 16.9 Å². The first-order chi connectivity index (χ1) is 13.0. The predicted molar refractivity (Wildman–Crippen MR) is 107 cm³/mol.